The minimum Gasteiger partial charge on any atom is -0.332 e. The van der Waals surface area contributed by atoms with Crippen molar-refractivity contribution in [2.75, 3.05) is 13.1 Å². The van der Waals surface area contributed by atoms with Crippen LogP contribution in [0, 0.1) is 17.2 Å². The molecule has 0 N–H and O–H groups in total. The largest absolute Gasteiger partial charge is 0.332 e. The van der Waals surface area contributed by atoms with Gasteiger partial charge in [0.15, 0.2) is 0 Å². The van der Waals surface area contributed by atoms with Crippen molar-refractivity contribution in [3.05, 3.63) is 65.5 Å². The van der Waals surface area contributed by atoms with E-state index in [0.29, 0.717) is 12.1 Å². The minimum absolute atomic E-state index is 0.0795. The van der Waals surface area contributed by atoms with Crippen LogP contribution in [0.3, 0.4) is 0 Å². The summed E-state index contributed by atoms with van der Waals surface area (Å²) in [6.45, 7) is 3.14. The van der Waals surface area contributed by atoms with Gasteiger partial charge in [0.25, 0.3) is 0 Å². The van der Waals surface area contributed by atoms with Crippen LogP contribution in [0.5, 0.6) is 0 Å². The Morgan fingerprint density at radius 2 is 1.92 bits per heavy atom. The van der Waals surface area contributed by atoms with Gasteiger partial charge < -0.3 is 4.90 Å². The van der Waals surface area contributed by atoms with Crippen LogP contribution in [0.15, 0.2) is 48.7 Å². The molecule has 2 bridgehead atoms. The van der Waals surface area contributed by atoms with Gasteiger partial charge in [-0.3, -0.25) is 14.7 Å². The fraction of sp³-hybridized carbons (Fsp3) is 0.381. The van der Waals surface area contributed by atoms with E-state index in [2.05, 4.69) is 16.0 Å². The molecule has 0 saturated carbocycles. The second-order valence-corrected chi connectivity index (χ2v) is 7.22. The summed E-state index contributed by atoms with van der Waals surface area (Å²) >= 11 is 0. The van der Waals surface area contributed by atoms with Crippen LogP contribution in [0.4, 0.5) is 0 Å². The third-order valence-electron chi connectivity index (χ3n) is 5.42. The highest BCUT2D eigenvalue weighted by molar-refractivity contribution is 5.80. The first-order valence-corrected chi connectivity index (χ1v) is 9.15. The van der Waals surface area contributed by atoms with Gasteiger partial charge in [0, 0.05) is 31.9 Å². The topological polar surface area (TPSA) is 60.2 Å². The Hall–Kier alpha value is -2.71. The number of carbonyl (C=O) groups excluding carboxylic acids is 1. The van der Waals surface area contributed by atoms with Crippen molar-refractivity contribution in [1.82, 2.24) is 14.8 Å². The number of rotatable bonds is 4. The van der Waals surface area contributed by atoms with Crippen LogP contribution >= 0.6 is 0 Å². The van der Waals surface area contributed by atoms with E-state index in [9.17, 15) is 4.79 Å². The molecule has 1 aromatic heterocycles. The van der Waals surface area contributed by atoms with Gasteiger partial charge in [-0.05, 0) is 42.7 Å². The van der Waals surface area contributed by atoms with E-state index in [4.69, 9.17) is 5.26 Å². The molecule has 0 radical (unpaired) electrons. The Bertz CT molecular complexity index is 812. The molecule has 132 valence electrons. The highest BCUT2D eigenvalue weighted by Gasteiger charge is 2.40. The van der Waals surface area contributed by atoms with Gasteiger partial charge in [0.05, 0.1) is 29.8 Å². The van der Waals surface area contributed by atoms with Gasteiger partial charge in [-0.15, -0.1) is 0 Å². The van der Waals surface area contributed by atoms with Crippen LogP contribution < -0.4 is 0 Å². The summed E-state index contributed by atoms with van der Waals surface area (Å²) in [5, 5.41) is 8.94. The van der Waals surface area contributed by atoms with Crippen molar-refractivity contribution in [3.63, 3.8) is 0 Å². The van der Waals surface area contributed by atoms with Crippen molar-refractivity contribution in [2.24, 2.45) is 5.92 Å². The van der Waals surface area contributed by atoms with E-state index in [1.807, 2.05) is 47.4 Å². The predicted octanol–water partition coefficient (Wildman–Crippen LogP) is 2.58. The van der Waals surface area contributed by atoms with Crippen molar-refractivity contribution >= 4 is 5.91 Å². The van der Waals surface area contributed by atoms with Gasteiger partial charge in [-0.25, -0.2) is 0 Å². The molecular weight excluding hydrogens is 324 g/mol. The highest BCUT2D eigenvalue weighted by Crippen LogP contribution is 2.30. The van der Waals surface area contributed by atoms with Crippen LogP contribution in [0.25, 0.3) is 0 Å². The number of carbonyl (C=O) groups is 1. The van der Waals surface area contributed by atoms with E-state index < -0.39 is 0 Å². The lowest BCUT2D eigenvalue weighted by Crippen LogP contribution is -2.47. The van der Waals surface area contributed by atoms with E-state index in [-0.39, 0.29) is 17.9 Å². The average molecular weight is 346 g/mol. The molecule has 5 heteroatoms. The smallest absolute Gasteiger partial charge is 0.227 e. The number of amides is 1. The Labute approximate surface area is 153 Å². The summed E-state index contributed by atoms with van der Waals surface area (Å²) in [5.74, 6) is 0.352. The lowest BCUT2D eigenvalue weighted by molar-refractivity contribution is -0.140. The first-order chi connectivity index (χ1) is 12.7. The van der Waals surface area contributed by atoms with Gasteiger partial charge in [-0.2, -0.15) is 5.26 Å². The molecule has 5 rings (SSSR count). The molecule has 0 spiro atoms. The SMILES string of the molecule is N#Cc1ccc(CN2C[C@H]3CC[C@@H](C2)N(Cc2ccccn2)C3=O)cc1. The standard InChI is InChI=1S/C21H22N4O/c22-11-16-4-6-17(7-5-16)12-24-13-18-8-9-20(15-24)25(21(18)26)14-19-3-1-2-10-23-19/h1-7,10,18,20H,8-9,12-15H2/t18-,20+/m1/s1. The summed E-state index contributed by atoms with van der Waals surface area (Å²) in [6.07, 6.45) is 3.83. The molecule has 1 amide bonds. The van der Waals surface area contributed by atoms with Gasteiger partial charge >= 0.3 is 0 Å². The van der Waals surface area contributed by atoms with Crippen LogP contribution in [0.2, 0.25) is 0 Å². The number of fused-ring (bicyclic) bond motifs is 4. The minimum atomic E-state index is 0.0795. The van der Waals surface area contributed by atoms with E-state index >= 15 is 0 Å². The predicted molar refractivity (Wildman–Crippen MR) is 97.7 cm³/mol. The first kappa shape index (κ1) is 16.7. The maximum Gasteiger partial charge on any atom is 0.227 e. The van der Waals surface area contributed by atoms with E-state index in [1.165, 1.54) is 5.56 Å². The molecule has 0 unspecified atom stereocenters. The Morgan fingerprint density at radius 1 is 1.08 bits per heavy atom. The Morgan fingerprint density at radius 3 is 2.65 bits per heavy atom. The molecule has 5 nitrogen and oxygen atoms in total. The summed E-state index contributed by atoms with van der Waals surface area (Å²) in [7, 11) is 0. The van der Waals surface area contributed by atoms with Crippen LogP contribution in [0.1, 0.15) is 29.7 Å². The molecule has 26 heavy (non-hydrogen) atoms. The number of nitrogens with zero attached hydrogens (tertiary/aromatic N) is 4. The maximum absolute atomic E-state index is 12.9. The molecule has 2 atom stereocenters. The Kier molecular flexibility index (Phi) is 4.68. The molecule has 2 aromatic rings. The van der Waals surface area contributed by atoms with Crippen LogP contribution in [-0.4, -0.2) is 39.8 Å². The zero-order valence-corrected chi connectivity index (χ0v) is 14.7. The number of aromatic nitrogens is 1. The molecule has 3 aliphatic heterocycles. The zero-order valence-electron chi connectivity index (χ0n) is 14.7. The molecular formula is C21H22N4O. The first-order valence-electron chi connectivity index (χ1n) is 9.15. The number of hydrogen-bond acceptors (Lipinski definition) is 4. The van der Waals surface area contributed by atoms with Gasteiger partial charge in [-0.1, -0.05) is 18.2 Å². The molecule has 1 aromatic carbocycles. The van der Waals surface area contributed by atoms with Crippen molar-refractivity contribution in [2.45, 2.75) is 32.0 Å². The quantitative estimate of drug-likeness (QED) is 0.854. The van der Waals surface area contributed by atoms with Gasteiger partial charge in [0.2, 0.25) is 5.91 Å². The lowest BCUT2D eigenvalue weighted by atomic mass is 9.94. The zero-order chi connectivity index (χ0) is 17.9. The van der Waals surface area contributed by atoms with E-state index in [0.717, 1.165) is 38.2 Å². The summed E-state index contributed by atoms with van der Waals surface area (Å²) in [5.41, 5.74) is 2.82. The molecule has 0 aliphatic carbocycles. The van der Waals surface area contributed by atoms with Gasteiger partial charge in [0.1, 0.15) is 0 Å². The summed E-state index contributed by atoms with van der Waals surface area (Å²) < 4.78 is 0. The molecule has 4 heterocycles. The summed E-state index contributed by atoms with van der Waals surface area (Å²) in [6, 6.07) is 16.0. The average Bonchev–Trinajstić information content (AvgIpc) is 2.95. The second kappa shape index (κ2) is 7.27. The fourth-order valence-corrected chi connectivity index (χ4v) is 4.08. The molecule has 3 aliphatic rings. The fourth-order valence-electron chi connectivity index (χ4n) is 4.08. The third-order valence-corrected chi connectivity index (χ3v) is 5.42. The number of pyridine rings is 1. The van der Waals surface area contributed by atoms with Crippen molar-refractivity contribution in [3.8, 4) is 6.07 Å². The van der Waals surface area contributed by atoms with Crippen LogP contribution in [-0.2, 0) is 17.9 Å². The lowest BCUT2D eigenvalue weighted by Gasteiger charge is -2.35. The highest BCUT2D eigenvalue weighted by atomic mass is 16.2. The number of piperidine rings is 1. The third kappa shape index (κ3) is 3.47. The second-order valence-electron chi connectivity index (χ2n) is 7.22. The molecule has 3 saturated heterocycles. The molecule has 3 fully saturated rings. The van der Waals surface area contributed by atoms with Crippen molar-refractivity contribution < 1.29 is 4.79 Å². The number of nitriles is 1. The number of hydrogen-bond donors (Lipinski definition) is 0. The monoisotopic (exact) mass is 346 g/mol. The van der Waals surface area contributed by atoms with E-state index in [1.54, 1.807) is 6.20 Å². The summed E-state index contributed by atoms with van der Waals surface area (Å²) in [4.78, 5) is 21.7. The Balaban J connectivity index is 1.48. The normalized spacial score (nSPS) is 22.9. The van der Waals surface area contributed by atoms with Crippen molar-refractivity contribution in [1.29, 1.82) is 5.26 Å². The maximum atomic E-state index is 12.9. The number of benzene rings is 1.